The number of hydrogen-bond acceptors (Lipinski definition) is 4. The molecule has 1 fully saturated rings. The number of carbonyl (C=O) groups is 1. The highest BCUT2D eigenvalue weighted by atomic mass is 19.1. The number of aromatic nitrogens is 1. The van der Waals surface area contributed by atoms with Crippen molar-refractivity contribution in [2.24, 2.45) is 0 Å². The highest BCUT2D eigenvalue weighted by Crippen LogP contribution is 2.30. The lowest BCUT2D eigenvalue weighted by Crippen LogP contribution is -2.29. The van der Waals surface area contributed by atoms with Crippen LogP contribution in [0.1, 0.15) is 46.6 Å². The fraction of sp³-hybridized carbons (Fsp3) is 0.273. The minimum absolute atomic E-state index is 0.120. The first-order chi connectivity index (χ1) is 13.4. The maximum absolute atomic E-state index is 13.6. The number of nitrogens with zero attached hydrogens (tertiary/aromatic N) is 1. The fourth-order valence-electron chi connectivity index (χ4n) is 3.67. The Balaban J connectivity index is 1.67. The molecule has 0 saturated carbocycles. The zero-order valence-corrected chi connectivity index (χ0v) is 16.1. The van der Waals surface area contributed by atoms with Crippen molar-refractivity contribution in [3.63, 3.8) is 0 Å². The van der Waals surface area contributed by atoms with Gasteiger partial charge in [-0.1, -0.05) is 17.7 Å². The van der Waals surface area contributed by atoms with Crippen molar-refractivity contribution in [3.8, 4) is 0 Å². The van der Waals surface area contributed by atoms with Gasteiger partial charge in [-0.3, -0.25) is 15.2 Å². The number of rotatable bonds is 3. The fourth-order valence-corrected chi connectivity index (χ4v) is 3.67. The van der Waals surface area contributed by atoms with E-state index in [-0.39, 0.29) is 17.8 Å². The third kappa shape index (κ3) is 3.61. The van der Waals surface area contributed by atoms with Crippen LogP contribution in [0, 0.1) is 19.7 Å². The summed E-state index contributed by atoms with van der Waals surface area (Å²) in [5.74, 6) is -0.598. The van der Waals surface area contributed by atoms with Crippen molar-refractivity contribution >= 4 is 22.5 Å². The number of pyridine rings is 1. The van der Waals surface area contributed by atoms with Crippen molar-refractivity contribution in [3.05, 3.63) is 70.7 Å². The first kappa shape index (κ1) is 18.5. The summed E-state index contributed by atoms with van der Waals surface area (Å²) in [6.45, 7) is 5.94. The molecule has 6 heteroatoms. The van der Waals surface area contributed by atoms with E-state index in [9.17, 15) is 9.18 Å². The lowest BCUT2D eigenvalue weighted by Gasteiger charge is -2.17. The number of benzene rings is 2. The van der Waals surface area contributed by atoms with Gasteiger partial charge in [-0.15, -0.1) is 0 Å². The normalized spacial score (nSPS) is 19.1. The van der Waals surface area contributed by atoms with Crippen LogP contribution < -0.4 is 16.2 Å². The molecule has 1 aromatic heterocycles. The Hall–Kier alpha value is -2.83. The summed E-state index contributed by atoms with van der Waals surface area (Å²) in [7, 11) is 0. The first-order valence-electron chi connectivity index (χ1n) is 9.40. The molecule has 3 aromatic rings. The maximum Gasteiger partial charge on any atom is 0.257 e. The molecule has 0 aliphatic carbocycles. The number of halogens is 1. The average Bonchev–Trinajstić information content (AvgIpc) is 3.09. The van der Waals surface area contributed by atoms with Crippen LogP contribution in [0.5, 0.6) is 0 Å². The van der Waals surface area contributed by atoms with Crippen LogP contribution in [0.3, 0.4) is 0 Å². The van der Waals surface area contributed by atoms with E-state index in [0.717, 1.165) is 23.2 Å². The summed E-state index contributed by atoms with van der Waals surface area (Å²) in [4.78, 5) is 17.5. The molecule has 2 aromatic carbocycles. The number of hydrogen-bond donors (Lipinski definition) is 3. The van der Waals surface area contributed by atoms with E-state index in [1.807, 2.05) is 19.1 Å². The van der Waals surface area contributed by atoms with Gasteiger partial charge in [0, 0.05) is 23.2 Å². The molecule has 0 bridgehead atoms. The highest BCUT2D eigenvalue weighted by Gasteiger charge is 2.25. The monoisotopic (exact) mass is 378 g/mol. The number of fused-ring (bicyclic) bond motifs is 1. The van der Waals surface area contributed by atoms with Crippen LogP contribution in [0.2, 0.25) is 0 Å². The van der Waals surface area contributed by atoms with Crippen molar-refractivity contribution in [1.29, 1.82) is 0 Å². The Morgan fingerprint density at radius 1 is 1.14 bits per heavy atom. The van der Waals surface area contributed by atoms with Gasteiger partial charge in [0.15, 0.2) is 0 Å². The van der Waals surface area contributed by atoms with Gasteiger partial charge in [-0.25, -0.2) is 9.82 Å². The van der Waals surface area contributed by atoms with Crippen LogP contribution in [-0.4, -0.2) is 16.9 Å². The molecule has 1 aliphatic heterocycles. The zero-order chi connectivity index (χ0) is 19.8. The second-order valence-electron chi connectivity index (χ2n) is 7.48. The summed E-state index contributed by atoms with van der Waals surface area (Å²) in [6, 6.07) is 12.6. The number of carbonyl (C=O) groups excluding carboxylic acids is 1. The molecule has 2 unspecified atom stereocenters. The number of anilines is 1. The van der Waals surface area contributed by atoms with E-state index < -0.39 is 0 Å². The third-order valence-corrected chi connectivity index (χ3v) is 5.14. The van der Waals surface area contributed by atoms with Gasteiger partial charge in [-0.05, 0) is 63.1 Å². The number of nitrogens with one attached hydrogen (secondary N) is 3. The second-order valence-corrected chi connectivity index (χ2v) is 7.48. The van der Waals surface area contributed by atoms with Crippen molar-refractivity contribution in [1.82, 2.24) is 15.8 Å². The quantitative estimate of drug-likeness (QED) is 0.640. The van der Waals surface area contributed by atoms with E-state index in [1.54, 1.807) is 19.1 Å². The van der Waals surface area contributed by atoms with E-state index in [2.05, 4.69) is 34.1 Å². The van der Waals surface area contributed by atoms with Crippen molar-refractivity contribution in [2.75, 3.05) is 5.32 Å². The first-order valence-corrected chi connectivity index (χ1v) is 9.40. The minimum atomic E-state index is -0.348. The molecule has 0 radical (unpaired) electrons. The molecule has 5 nitrogen and oxygen atoms in total. The smallest absolute Gasteiger partial charge is 0.257 e. The Labute approximate surface area is 163 Å². The average molecular weight is 378 g/mol. The van der Waals surface area contributed by atoms with Crippen LogP contribution in [0.25, 0.3) is 10.9 Å². The Morgan fingerprint density at radius 2 is 1.96 bits per heavy atom. The van der Waals surface area contributed by atoms with E-state index in [0.29, 0.717) is 28.2 Å². The molecular formula is C22H23FN4O. The van der Waals surface area contributed by atoms with Gasteiger partial charge in [0.2, 0.25) is 0 Å². The van der Waals surface area contributed by atoms with Gasteiger partial charge in [0.05, 0.1) is 16.8 Å². The number of hydrazine groups is 1. The Kier molecular flexibility index (Phi) is 4.83. The number of aryl methyl sites for hydroxylation is 2. The summed E-state index contributed by atoms with van der Waals surface area (Å²) in [6.07, 6.45) is 0.933. The lowest BCUT2D eigenvalue weighted by molar-refractivity contribution is 0.102. The second kappa shape index (κ2) is 7.30. The standard InChI is InChI=1S/C22H23FN4O/c1-12-4-6-20(18(8-12)21-9-13(2)26-27-21)25-22(28)17-11-15-10-16(23)5-7-19(15)24-14(17)3/h4-8,10-11,13,21,26-27H,9H2,1-3H3,(H,25,28). The summed E-state index contributed by atoms with van der Waals surface area (Å²) in [5.41, 5.74) is 11.2. The van der Waals surface area contributed by atoms with E-state index in [4.69, 9.17) is 0 Å². The summed E-state index contributed by atoms with van der Waals surface area (Å²) < 4.78 is 13.6. The predicted molar refractivity (Wildman–Crippen MR) is 109 cm³/mol. The van der Waals surface area contributed by atoms with E-state index in [1.165, 1.54) is 12.1 Å². The van der Waals surface area contributed by atoms with Crippen LogP contribution in [0.15, 0.2) is 42.5 Å². The van der Waals surface area contributed by atoms with Crippen LogP contribution in [0.4, 0.5) is 10.1 Å². The predicted octanol–water partition coefficient (Wildman–Crippen LogP) is 4.17. The Morgan fingerprint density at radius 3 is 2.71 bits per heavy atom. The molecule has 3 N–H and O–H groups in total. The topological polar surface area (TPSA) is 66.0 Å². The van der Waals surface area contributed by atoms with Crippen molar-refractivity contribution in [2.45, 2.75) is 39.3 Å². The molecular weight excluding hydrogens is 355 g/mol. The molecule has 144 valence electrons. The number of amides is 1. The van der Waals surface area contributed by atoms with Crippen LogP contribution >= 0.6 is 0 Å². The summed E-state index contributed by atoms with van der Waals surface area (Å²) >= 11 is 0. The van der Waals surface area contributed by atoms with Gasteiger partial charge < -0.3 is 5.32 Å². The van der Waals surface area contributed by atoms with Gasteiger partial charge in [0.1, 0.15) is 5.82 Å². The van der Waals surface area contributed by atoms with E-state index >= 15 is 0 Å². The van der Waals surface area contributed by atoms with Crippen molar-refractivity contribution < 1.29 is 9.18 Å². The third-order valence-electron chi connectivity index (χ3n) is 5.14. The largest absolute Gasteiger partial charge is 0.322 e. The molecule has 1 saturated heterocycles. The zero-order valence-electron chi connectivity index (χ0n) is 16.1. The molecule has 4 rings (SSSR count). The van der Waals surface area contributed by atoms with Gasteiger partial charge in [0.25, 0.3) is 5.91 Å². The summed E-state index contributed by atoms with van der Waals surface area (Å²) in [5, 5.41) is 3.63. The Bertz CT molecular complexity index is 1070. The van der Waals surface area contributed by atoms with Gasteiger partial charge in [-0.2, -0.15) is 0 Å². The molecule has 1 amide bonds. The van der Waals surface area contributed by atoms with Crippen LogP contribution in [-0.2, 0) is 0 Å². The van der Waals surface area contributed by atoms with Gasteiger partial charge >= 0.3 is 0 Å². The maximum atomic E-state index is 13.6. The minimum Gasteiger partial charge on any atom is -0.322 e. The molecule has 0 spiro atoms. The SMILES string of the molecule is Cc1ccc(NC(=O)c2cc3cc(F)ccc3nc2C)c(C2CC(C)NN2)c1. The molecule has 2 heterocycles. The molecule has 28 heavy (non-hydrogen) atoms. The highest BCUT2D eigenvalue weighted by molar-refractivity contribution is 6.07. The molecule has 1 aliphatic rings. The lowest BCUT2D eigenvalue weighted by atomic mass is 9.98. The molecule has 2 atom stereocenters.